The minimum Gasteiger partial charge on any atom is -0.497 e. The van der Waals surface area contributed by atoms with Crippen LogP contribution in [0.1, 0.15) is 5.56 Å². The number of ether oxygens (including phenoxy) is 2. The summed E-state index contributed by atoms with van der Waals surface area (Å²) in [7, 11) is 1.63. The maximum absolute atomic E-state index is 12.0. The first-order valence-corrected chi connectivity index (χ1v) is 7.76. The van der Waals surface area contributed by atoms with Gasteiger partial charge < -0.3 is 14.8 Å². The van der Waals surface area contributed by atoms with Crippen LogP contribution in [0, 0.1) is 0 Å². The summed E-state index contributed by atoms with van der Waals surface area (Å²) in [4.78, 5) is 12.0. The molecule has 0 atom stereocenters. The number of amides is 1. The number of carbonyl (C=O) groups excluding carboxylic acids is 1. The first kappa shape index (κ1) is 15.9. The Bertz CT molecular complexity index is 822. The first-order valence-electron chi connectivity index (χ1n) is 7.76. The number of benzene rings is 3. The van der Waals surface area contributed by atoms with Gasteiger partial charge in [0.25, 0.3) is 5.91 Å². The van der Waals surface area contributed by atoms with Crippen LogP contribution in [-0.4, -0.2) is 19.6 Å². The third kappa shape index (κ3) is 3.84. The standard InChI is InChI=1S/C20H19NO3/c1-23-17-11-9-15(10-12-17)13-21-20(22)14-24-19-8-4-6-16-5-2-3-7-18(16)19/h2-12H,13-14H2,1H3,(H,21,22). The Balaban J connectivity index is 1.55. The molecule has 1 N–H and O–H groups in total. The molecule has 0 saturated carbocycles. The van der Waals surface area contributed by atoms with Gasteiger partial charge in [-0.3, -0.25) is 4.79 Å². The fraction of sp³-hybridized carbons (Fsp3) is 0.150. The van der Waals surface area contributed by atoms with E-state index in [9.17, 15) is 4.79 Å². The second kappa shape index (κ2) is 7.51. The van der Waals surface area contributed by atoms with Crippen molar-refractivity contribution in [1.82, 2.24) is 5.32 Å². The molecule has 24 heavy (non-hydrogen) atoms. The van der Waals surface area contributed by atoms with E-state index in [0.717, 1.165) is 22.1 Å². The Hall–Kier alpha value is -3.01. The summed E-state index contributed by atoms with van der Waals surface area (Å²) in [6.45, 7) is 0.450. The normalized spacial score (nSPS) is 10.4. The zero-order valence-corrected chi connectivity index (χ0v) is 13.5. The fourth-order valence-electron chi connectivity index (χ4n) is 2.46. The number of rotatable bonds is 6. The van der Waals surface area contributed by atoms with Gasteiger partial charge in [-0.1, -0.05) is 48.5 Å². The van der Waals surface area contributed by atoms with Crippen LogP contribution in [0.4, 0.5) is 0 Å². The molecule has 3 rings (SSSR count). The van der Waals surface area contributed by atoms with Gasteiger partial charge in [-0.05, 0) is 29.1 Å². The second-order valence-electron chi connectivity index (χ2n) is 5.39. The van der Waals surface area contributed by atoms with Crippen LogP contribution in [0.3, 0.4) is 0 Å². The molecule has 0 aliphatic heterocycles. The van der Waals surface area contributed by atoms with Gasteiger partial charge in [-0.15, -0.1) is 0 Å². The van der Waals surface area contributed by atoms with E-state index in [0.29, 0.717) is 12.3 Å². The van der Waals surface area contributed by atoms with Gasteiger partial charge in [-0.2, -0.15) is 0 Å². The van der Waals surface area contributed by atoms with Crippen molar-refractivity contribution in [3.8, 4) is 11.5 Å². The van der Waals surface area contributed by atoms with E-state index in [1.54, 1.807) is 7.11 Å². The number of carbonyl (C=O) groups is 1. The van der Waals surface area contributed by atoms with Crippen molar-refractivity contribution in [3.05, 3.63) is 72.3 Å². The zero-order chi connectivity index (χ0) is 16.8. The van der Waals surface area contributed by atoms with E-state index in [4.69, 9.17) is 9.47 Å². The predicted molar refractivity (Wildman–Crippen MR) is 94.3 cm³/mol. The van der Waals surface area contributed by atoms with E-state index in [1.807, 2.05) is 66.7 Å². The molecule has 4 heteroatoms. The largest absolute Gasteiger partial charge is 0.497 e. The second-order valence-corrected chi connectivity index (χ2v) is 5.39. The molecule has 0 saturated heterocycles. The minimum atomic E-state index is -0.154. The third-order valence-corrected chi connectivity index (χ3v) is 3.76. The highest BCUT2D eigenvalue weighted by Gasteiger charge is 2.06. The molecule has 3 aromatic rings. The van der Waals surface area contributed by atoms with Gasteiger partial charge in [0.15, 0.2) is 6.61 Å². The van der Waals surface area contributed by atoms with Gasteiger partial charge in [0.1, 0.15) is 11.5 Å². The third-order valence-electron chi connectivity index (χ3n) is 3.76. The molecule has 0 spiro atoms. The predicted octanol–water partition coefficient (Wildman–Crippen LogP) is 3.54. The molecule has 4 nitrogen and oxygen atoms in total. The van der Waals surface area contributed by atoms with Crippen LogP contribution < -0.4 is 14.8 Å². The van der Waals surface area contributed by atoms with Gasteiger partial charge in [0.2, 0.25) is 0 Å². The summed E-state index contributed by atoms with van der Waals surface area (Å²) >= 11 is 0. The van der Waals surface area contributed by atoms with Crippen molar-refractivity contribution in [3.63, 3.8) is 0 Å². The van der Waals surface area contributed by atoms with Crippen molar-refractivity contribution >= 4 is 16.7 Å². The number of nitrogens with one attached hydrogen (secondary N) is 1. The summed E-state index contributed by atoms with van der Waals surface area (Å²) in [6, 6.07) is 21.3. The topological polar surface area (TPSA) is 47.6 Å². The van der Waals surface area contributed by atoms with Crippen LogP contribution in [0.15, 0.2) is 66.7 Å². The summed E-state index contributed by atoms with van der Waals surface area (Å²) in [5.41, 5.74) is 1.01. The Morgan fingerprint density at radius 1 is 0.958 bits per heavy atom. The van der Waals surface area contributed by atoms with Crippen molar-refractivity contribution in [2.24, 2.45) is 0 Å². The van der Waals surface area contributed by atoms with Crippen LogP contribution in [0.2, 0.25) is 0 Å². The Kier molecular flexibility index (Phi) is 4.96. The lowest BCUT2D eigenvalue weighted by molar-refractivity contribution is -0.123. The highest BCUT2D eigenvalue weighted by atomic mass is 16.5. The monoisotopic (exact) mass is 321 g/mol. The zero-order valence-electron chi connectivity index (χ0n) is 13.5. The molecule has 3 aromatic carbocycles. The quantitative estimate of drug-likeness (QED) is 0.755. The molecule has 0 aliphatic rings. The molecule has 0 radical (unpaired) electrons. The molecule has 122 valence electrons. The van der Waals surface area contributed by atoms with Crippen LogP contribution in [0.25, 0.3) is 10.8 Å². The Morgan fingerprint density at radius 2 is 1.71 bits per heavy atom. The van der Waals surface area contributed by atoms with Gasteiger partial charge in [0, 0.05) is 11.9 Å². The van der Waals surface area contributed by atoms with E-state index in [-0.39, 0.29) is 12.5 Å². The van der Waals surface area contributed by atoms with Crippen LogP contribution >= 0.6 is 0 Å². The van der Waals surface area contributed by atoms with Gasteiger partial charge in [0.05, 0.1) is 7.11 Å². The summed E-state index contributed by atoms with van der Waals surface area (Å²) in [5, 5.41) is 4.94. The molecule has 0 fully saturated rings. The average molecular weight is 321 g/mol. The van der Waals surface area contributed by atoms with Crippen molar-refractivity contribution in [1.29, 1.82) is 0 Å². The van der Waals surface area contributed by atoms with Crippen LogP contribution in [-0.2, 0) is 11.3 Å². The number of methoxy groups -OCH3 is 1. The van der Waals surface area contributed by atoms with Crippen LogP contribution in [0.5, 0.6) is 11.5 Å². The van der Waals surface area contributed by atoms with E-state index in [2.05, 4.69) is 5.32 Å². The molecule has 1 amide bonds. The first-order chi connectivity index (χ1) is 11.8. The molecule has 0 heterocycles. The fourth-order valence-corrected chi connectivity index (χ4v) is 2.46. The van der Waals surface area contributed by atoms with E-state index < -0.39 is 0 Å². The smallest absolute Gasteiger partial charge is 0.258 e. The average Bonchev–Trinajstić information content (AvgIpc) is 2.65. The van der Waals surface area contributed by atoms with Crippen molar-refractivity contribution in [2.45, 2.75) is 6.54 Å². The Morgan fingerprint density at radius 3 is 2.50 bits per heavy atom. The van der Waals surface area contributed by atoms with Gasteiger partial charge in [-0.25, -0.2) is 0 Å². The lowest BCUT2D eigenvalue weighted by Crippen LogP contribution is -2.28. The molecule has 0 aromatic heterocycles. The summed E-state index contributed by atoms with van der Waals surface area (Å²) < 4.78 is 10.8. The Labute approximate surface area is 141 Å². The highest BCUT2D eigenvalue weighted by Crippen LogP contribution is 2.24. The molecular weight excluding hydrogens is 302 g/mol. The lowest BCUT2D eigenvalue weighted by Gasteiger charge is -2.10. The SMILES string of the molecule is COc1ccc(CNC(=O)COc2cccc3ccccc23)cc1. The lowest BCUT2D eigenvalue weighted by atomic mass is 10.1. The number of hydrogen-bond donors (Lipinski definition) is 1. The number of fused-ring (bicyclic) bond motifs is 1. The number of hydrogen-bond acceptors (Lipinski definition) is 3. The molecule has 0 aliphatic carbocycles. The summed E-state index contributed by atoms with van der Waals surface area (Å²) in [5.74, 6) is 1.36. The maximum atomic E-state index is 12.0. The molecule has 0 bridgehead atoms. The maximum Gasteiger partial charge on any atom is 0.258 e. The van der Waals surface area contributed by atoms with Crippen molar-refractivity contribution < 1.29 is 14.3 Å². The molecule has 0 unspecified atom stereocenters. The minimum absolute atomic E-state index is 0.00976. The van der Waals surface area contributed by atoms with Crippen molar-refractivity contribution in [2.75, 3.05) is 13.7 Å². The summed E-state index contributed by atoms with van der Waals surface area (Å²) in [6.07, 6.45) is 0. The van der Waals surface area contributed by atoms with E-state index in [1.165, 1.54) is 0 Å². The molecular formula is C20H19NO3. The highest BCUT2D eigenvalue weighted by molar-refractivity contribution is 5.88. The van der Waals surface area contributed by atoms with Gasteiger partial charge >= 0.3 is 0 Å². The van der Waals surface area contributed by atoms with E-state index >= 15 is 0 Å².